The lowest BCUT2D eigenvalue weighted by atomic mass is 10.1. The molecule has 0 heterocycles. The largest absolute Gasteiger partial charge is 0.0876 e. The first kappa shape index (κ1) is 7.80. The van der Waals surface area contributed by atoms with Crippen LogP contribution in [0, 0.1) is 6.07 Å². The van der Waals surface area contributed by atoms with Gasteiger partial charge in [0.05, 0.1) is 0 Å². The molecule has 0 fully saturated rings. The first-order valence-corrected chi connectivity index (χ1v) is 4.54. The predicted octanol–water partition coefficient (Wildman–Crippen LogP) is 2.94. The van der Waals surface area contributed by atoms with Gasteiger partial charge in [0.25, 0.3) is 0 Å². The molecule has 0 saturated heterocycles. The molecule has 1 aromatic carbocycles. The first-order chi connectivity index (χ1) is 4.88. The maximum absolute atomic E-state index is 3.43. The molecule has 0 amide bonds. The van der Waals surface area contributed by atoms with Gasteiger partial charge >= 0.3 is 0 Å². The standard InChI is InChI=1S/C9H10Br/c1-2-8-5-3-4-6-9(8)7-10/h3,5-6H,2,7H2,1H3. The van der Waals surface area contributed by atoms with Crippen LogP contribution in [0.25, 0.3) is 0 Å². The molecule has 0 aliphatic carbocycles. The van der Waals surface area contributed by atoms with E-state index in [4.69, 9.17) is 0 Å². The van der Waals surface area contributed by atoms with Crippen molar-refractivity contribution in [1.29, 1.82) is 0 Å². The van der Waals surface area contributed by atoms with Gasteiger partial charge in [0.15, 0.2) is 0 Å². The SMILES string of the molecule is CCc1cc[c]cc1CBr. The molecular formula is C9H10Br. The van der Waals surface area contributed by atoms with Crippen LogP contribution in [0.4, 0.5) is 0 Å². The zero-order valence-electron chi connectivity index (χ0n) is 6.02. The molecule has 1 radical (unpaired) electrons. The zero-order chi connectivity index (χ0) is 7.40. The van der Waals surface area contributed by atoms with Crippen molar-refractivity contribution in [3.05, 3.63) is 35.4 Å². The van der Waals surface area contributed by atoms with Crippen LogP contribution in [0.1, 0.15) is 18.1 Å². The Bertz CT molecular complexity index is 183. The van der Waals surface area contributed by atoms with E-state index in [1.165, 1.54) is 11.1 Å². The number of hydrogen-bond donors (Lipinski definition) is 0. The summed E-state index contributed by atoms with van der Waals surface area (Å²) in [5.74, 6) is 0. The third-order valence-electron chi connectivity index (χ3n) is 1.58. The summed E-state index contributed by atoms with van der Waals surface area (Å²) in [7, 11) is 0. The van der Waals surface area contributed by atoms with Crippen LogP contribution >= 0.6 is 15.9 Å². The molecule has 53 valence electrons. The van der Waals surface area contributed by atoms with Gasteiger partial charge in [-0.15, -0.1) is 0 Å². The second-order valence-corrected chi connectivity index (χ2v) is 2.74. The average Bonchev–Trinajstić information content (AvgIpc) is 2.04. The smallest absolute Gasteiger partial charge is 0.0286 e. The molecule has 0 atom stereocenters. The van der Waals surface area contributed by atoms with Crippen LogP contribution in [-0.2, 0) is 11.8 Å². The quantitative estimate of drug-likeness (QED) is 0.641. The summed E-state index contributed by atoms with van der Waals surface area (Å²) in [6, 6.07) is 9.18. The van der Waals surface area contributed by atoms with E-state index in [9.17, 15) is 0 Å². The highest BCUT2D eigenvalue weighted by Gasteiger charge is 1.95. The minimum Gasteiger partial charge on any atom is -0.0876 e. The topological polar surface area (TPSA) is 0 Å². The fourth-order valence-corrected chi connectivity index (χ4v) is 1.49. The second kappa shape index (κ2) is 3.77. The molecule has 0 aromatic heterocycles. The van der Waals surface area contributed by atoms with Crippen molar-refractivity contribution in [2.75, 3.05) is 0 Å². The molecular weight excluding hydrogens is 188 g/mol. The Hall–Kier alpha value is -0.300. The maximum Gasteiger partial charge on any atom is 0.0286 e. The molecule has 0 bridgehead atoms. The minimum absolute atomic E-state index is 0.938. The summed E-state index contributed by atoms with van der Waals surface area (Å²) in [5.41, 5.74) is 2.76. The highest BCUT2D eigenvalue weighted by Crippen LogP contribution is 2.11. The molecule has 0 aliphatic rings. The Morgan fingerprint density at radius 3 is 2.80 bits per heavy atom. The fourth-order valence-electron chi connectivity index (χ4n) is 0.966. The van der Waals surface area contributed by atoms with Crippen molar-refractivity contribution < 1.29 is 0 Å². The predicted molar refractivity (Wildman–Crippen MR) is 47.3 cm³/mol. The van der Waals surface area contributed by atoms with E-state index in [1.807, 2.05) is 12.1 Å². The zero-order valence-corrected chi connectivity index (χ0v) is 7.61. The summed E-state index contributed by atoms with van der Waals surface area (Å²) in [4.78, 5) is 0. The lowest BCUT2D eigenvalue weighted by Crippen LogP contribution is -1.86. The van der Waals surface area contributed by atoms with Gasteiger partial charge in [0.1, 0.15) is 0 Å². The Morgan fingerprint density at radius 2 is 2.30 bits per heavy atom. The van der Waals surface area contributed by atoms with Crippen LogP contribution in [0.2, 0.25) is 0 Å². The molecule has 0 aliphatic heterocycles. The number of alkyl halides is 1. The van der Waals surface area contributed by atoms with E-state index in [-0.39, 0.29) is 0 Å². The van der Waals surface area contributed by atoms with Crippen molar-refractivity contribution in [3.63, 3.8) is 0 Å². The summed E-state index contributed by atoms with van der Waals surface area (Å²) < 4.78 is 0. The van der Waals surface area contributed by atoms with E-state index >= 15 is 0 Å². The van der Waals surface area contributed by atoms with Crippen LogP contribution in [-0.4, -0.2) is 0 Å². The molecule has 10 heavy (non-hydrogen) atoms. The molecule has 0 spiro atoms. The summed E-state index contributed by atoms with van der Waals surface area (Å²) in [6.07, 6.45) is 1.11. The van der Waals surface area contributed by atoms with Crippen molar-refractivity contribution >= 4 is 15.9 Å². The van der Waals surface area contributed by atoms with Crippen LogP contribution < -0.4 is 0 Å². The second-order valence-electron chi connectivity index (χ2n) is 2.18. The van der Waals surface area contributed by atoms with Crippen molar-refractivity contribution in [1.82, 2.24) is 0 Å². The molecule has 1 aromatic rings. The Balaban J connectivity index is 2.96. The lowest BCUT2D eigenvalue weighted by molar-refractivity contribution is 1.10. The number of halogens is 1. The summed E-state index contributed by atoms with van der Waals surface area (Å²) in [6.45, 7) is 2.17. The van der Waals surface area contributed by atoms with Crippen LogP contribution in [0.3, 0.4) is 0 Å². The first-order valence-electron chi connectivity index (χ1n) is 3.42. The monoisotopic (exact) mass is 197 g/mol. The third kappa shape index (κ3) is 1.60. The van der Waals surface area contributed by atoms with E-state index in [2.05, 4.69) is 35.0 Å². The third-order valence-corrected chi connectivity index (χ3v) is 2.18. The van der Waals surface area contributed by atoms with Gasteiger partial charge in [-0.1, -0.05) is 41.1 Å². The number of hydrogen-bond acceptors (Lipinski definition) is 0. The normalized spacial score (nSPS) is 9.80. The Labute approximate surface area is 70.4 Å². The highest BCUT2D eigenvalue weighted by molar-refractivity contribution is 9.08. The van der Waals surface area contributed by atoms with Crippen molar-refractivity contribution in [3.8, 4) is 0 Å². The van der Waals surface area contributed by atoms with Gasteiger partial charge in [-0.3, -0.25) is 0 Å². The van der Waals surface area contributed by atoms with Crippen molar-refractivity contribution in [2.45, 2.75) is 18.7 Å². The minimum atomic E-state index is 0.938. The summed E-state index contributed by atoms with van der Waals surface area (Å²) in [5, 5.41) is 0.938. The van der Waals surface area contributed by atoms with Crippen LogP contribution in [0.15, 0.2) is 18.2 Å². The number of benzene rings is 1. The van der Waals surface area contributed by atoms with Gasteiger partial charge in [-0.05, 0) is 23.6 Å². The fraction of sp³-hybridized carbons (Fsp3) is 0.333. The summed E-state index contributed by atoms with van der Waals surface area (Å²) >= 11 is 3.43. The van der Waals surface area contributed by atoms with Crippen LogP contribution in [0.5, 0.6) is 0 Å². The maximum atomic E-state index is 3.43. The van der Waals surface area contributed by atoms with E-state index < -0.39 is 0 Å². The van der Waals surface area contributed by atoms with Gasteiger partial charge in [0.2, 0.25) is 0 Å². The van der Waals surface area contributed by atoms with Gasteiger partial charge in [-0.2, -0.15) is 0 Å². The van der Waals surface area contributed by atoms with Gasteiger partial charge < -0.3 is 0 Å². The number of rotatable bonds is 2. The Morgan fingerprint density at radius 1 is 1.50 bits per heavy atom. The average molecular weight is 198 g/mol. The lowest BCUT2D eigenvalue weighted by Gasteiger charge is -2.01. The van der Waals surface area contributed by atoms with Crippen molar-refractivity contribution in [2.24, 2.45) is 0 Å². The Kier molecular flexibility index (Phi) is 2.94. The molecule has 0 N–H and O–H groups in total. The number of aryl methyl sites for hydroxylation is 1. The molecule has 1 rings (SSSR count). The molecule has 0 unspecified atom stereocenters. The van der Waals surface area contributed by atoms with Gasteiger partial charge in [-0.25, -0.2) is 0 Å². The van der Waals surface area contributed by atoms with E-state index in [0.717, 1.165) is 11.8 Å². The molecule has 1 heteroatoms. The highest BCUT2D eigenvalue weighted by atomic mass is 79.9. The molecule has 0 nitrogen and oxygen atoms in total. The van der Waals surface area contributed by atoms with E-state index in [1.54, 1.807) is 0 Å². The van der Waals surface area contributed by atoms with E-state index in [0.29, 0.717) is 0 Å². The van der Waals surface area contributed by atoms with Gasteiger partial charge in [0, 0.05) is 5.33 Å². The molecule has 0 saturated carbocycles.